The van der Waals surface area contributed by atoms with Crippen LogP contribution < -0.4 is 24.8 Å². The van der Waals surface area contributed by atoms with Gasteiger partial charge in [-0.05, 0) is 0 Å². The molecule has 0 heterocycles. The Morgan fingerprint density at radius 2 is 1.20 bits per heavy atom. The zero-order valence-corrected chi connectivity index (χ0v) is 14.5. The van der Waals surface area contributed by atoms with Crippen molar-refractivity contribution >= 4 is 11.8 Å². The molecule has 15 heavy (non-hydrogen) atoms. The molecule has 0 atom stereocenters. The van der Waals surface area contributed by atoms with E-state index in [-0.39, 0.29) is 36.6 Å². The Morgan fingerprint density at radius 1 is 0.933 bits per heavy atom. The Hall–Kier alpha value is 0.390. The second-order valence-corrected chi connectivity index (χ2v) is 8.25. The van der Waals surface area contributed by atoms with Crippen molar-refractivity contribution in [2.75, 3.05) is 14.1 Å². The fourth-order valence-electron chi connectivity index (χ4n) is 0.811. The summed E-state index contributed by atoms with van der Waals surface area (Å²) in [7, 11) is 3.57. The van der Waals surface area contributed by atoms with Crippen LogP contribution in [0.15, 0.2) is 0 Å². The van der Waals surface area contributed by atoms with E-state index in [2.05, 4.69) is 0 Å². The van der Waals surface area contributed by atoms with E-state index in [9.17, 15) is 9.59 Å². The minimum atomic E-state index is -1.39. The fourth-order valence-corrected chi connectivity index (χ4v) is 4.37. The molecule has 0 radical (unpaired) electrons. The van der Waals surface area contributed by atoms with Crippen molar-refractivity contribution in [3.8, 4) is 0 Å². The first kappa shape index (κ1) is 20.8. The van der Waals surface area contributed by atoms with Gasteiger partial charge in [-0.2, -0.15) is 0 Å². The third-order valence-corrected chi connectivity index (χ3v) is 5.60. The van der Waals surface area contributed by atoms with Crippen molar-refractivity contribution in [1.82, 2.24) is 5.78 Å². The summed E-state index contributed by atoms with van der Waals surface area (Å²) in [5.41, 5.74) is 0. The number of nitrogens with zero attached hydrogens (tertiary/aromatic N) is 2. The number of hydrogen-bond acceptors (Lipinski definition) is 2. The van der Waals surface area contributed by atoms with Crippen LogP contribution in [-0.2, 0) is 33.1 Å². The molecular formula is C8H16Cl2HfN2O2. The predicted octanol–water partition coefficient (Wildman–Crippen LogP) is -5.36. The van der Waals surface area contributed by atoms with E-state index in [0.29, 0.717) is 12.8 Å². The molecule has 0 aromatic carbocycles. The second kappa shape index (κ2) is 10.9. The molecule has 88 valence electrons. The summed E-state index contributed by atoms with van der Waals surface area (Å²) in [6.45, 7) is 3.67. The smallest absolute Gasteiger partial charge is 1.00 e. The van der Waals surface area contributed by atoms with Crippen LogP contribution in [-0.4, -0.2) is 31.7 Å². The first-order valence-corrected chi connectivity index (χ1v) is 7.53. The Labute approximate surface area is 116 Å². The van der Waals surface area contributed by atoms with Gasteiger partial charge in [0.25, 0.3) is 0 Å². The summed E-state index contributed by atoms with van der Waals surface area (Å²) >= 11 is -1.39. The molecule has 0 aliphatic heterocycles. The van der Waals surface area contributed by atoms with Crippen LogP contribution in [0.2, 0.25) is 0 Å². The number of hydrogen-bond donors (Lipinski definition) is 0. The molecule has 0 fully saturated rings. The summed E-state index contributed by atoms with van der Waals surface area (Å²) in [6.07, 6.45) is 1.05. The molecular weight excluding hydrogens is 405 g/mol. The minimum absolute atomic E-state index is 0. The van der Waals surface area contributed by atoms with Gasteiger partial charge in [-0.3, -0.25) is 0 Å². The minimum Gasteiger partial charge on any atom is -1.00 e. The Kier molecular flexibility index (Phi) is 15.1. The molecule has 0 saturated carbocycles. The van der Waals surface area contributed by atoms with Crippen molar-refractivity contribution in [3.63, 3.8) is 0 Å². The molecule has 0 saturated heterocycles. The van der Waals surface area contributed by atoms with Gasteiger partial charge in [0.1, 0.15) is 0 Å². The number of amides is 2. The Bertz CT molecular complexity index is 185. The Morgan fingerprint density at radius 3 is 1.40 bits per heavy atom. The molecule has 0 spiro atoms. The van der Waals surface area contributed by atoms with E-state index >= 15 is 0 Å². The number of carbonyl (C=O) groups excluding carboxylic acids is 2. The van der Waals surface area contributed by atoms with Gasteiger partial charge in [0.15, 0.2) is 0 Å². The van der Waals surface area contributed by atoms with Crippen LogP contribution in [0, 0.1) is 0 Å². The number of carbonyl (C=O) groups is 2. The largest absolute Gasteiger partial charge is 1.00 e. The number of halogens is 2. The van der Waals surface area contributed by atoms with Gasteiger partial charge >= 0.3 is 91.4 Å². The molecule has 0 rings (SSSR count). The van der Waals surface area contributed by atoms with Crippen LogP contribution >= 0.6 is 0 Å². The van der Waals surface area contributed by atoms with Crippen molar-refractivity contribution < 1.29 is 57.9 Å². The zero-order valence-electron chi connectivity index (χ0n) is 9.38. The van der Waals surface area contributed by atoms with Gasteiger partial charge in [0, 0.05) is 0 Å². The average Bonchev–Trinajstić information content (AvgIpc) is 2.14. The summed E-state index contributed by atoms with van der Waals surface area (Å²) in [4.78, 5) is 22.4. The van der Waals surface area contributed by atoms with Gasteiger partial charge in [-0.15, -0.1) is 0 Å². The molecule has 0 N–H and O–H groups in total. The van der Waals surface area contributed by atoms with Crippen LogP contribution in [0.5, 0.6) is 0 Å². The van der Waals surface area contributed by atoms with Gasteiger partial charge in [-0.1, -0.05) is 0 Å². The van der Waals surface area contributed by atoms with Crippen LogP contribution in [0.1, 0.15) is 26.7 Å². The van der Waals surface area contributed by atoms with Gasteiger partial charge in [-0.25, -0.2) is 0 Å². The molecule has 7 heteroatoms. The second-order valence-electron chi connectivity index (χ2n) is 2.71. The van der Waals surface area contributed by atoms with E-state index in [1.165, 1.54) is 0 Å². The third kappa shape index (κ3) is 8.22. The van der Waals surface area contributed by atoms with E-state index in [0.717, 1.165) is 0 Å². The van der Waals surface area contributed by atoms with Crippen molar-refractivity contribution in [3.05, 3.63) is 0 Å². The van der Waals surface area contributed by atoms with Crippen molar-refractivity contribution in [1.29, 1.82) is 0 Å². The molecule has 0 unspecified atom stereocenters. The van der Waals surface area contributed by atoms with Gasteiger partial charge in [0.05, 0.1) is 0 Å². The maximum Gasteiger partial charge on any atom is -1.00 e. The summed E-state index contributed by atoms with van der Waals surface area (Å²) in [6, 6.07) is 0. The van der Waals surface area contributed by atoms with E-state index in [1.807, 2.05) is 13.8 Å². The maximum atomic E-state index is 11.2. The van der Waals surface area contributed by atoms with Gasteiger partial charge in [0.2, 0.25) is 0 Å². The molecule has 0 bridgehead atoms. The van der Waals surface area contributed by atoms with Crippen molar-refractivity contribution in [2.45, 2.75) is 26.7 Å². The normalized spacial score (nSPS) is 7.73. The molecule has 4 nitrogen and oxygen atoms in total. The summed E-state index contributed by atoms with van der Waals surface area (Å²) in [5, 5.41) is 0. The summed E-state index contributed by atoms with van der Waals surface area (Å²) < 4.78 is 3.49. The van der Waals surface area contributed by atoms with Gasteiger partial charge < -0.3 is 24.8 Å². The topological polar surface area (TPSA) is 40.6 Å². The van der Waals surface area contributed by atoms with E-state index in [1.54, 1.807) is 19.9 Å². The average molecular weight is 422 g/mol. The molecule has 0 aliphatic carbocycles. The standard InChI is InChI=1S/2C4H9NO.2ClH.Hf/c2*1-3-4(6)5-2;;;/h2*3H2,1-2H3,(H,5,6);2*1H;/q;;;;+4/p-4. The van der Waals surface area contributed by atoms with E-state index in [4.69, 9.17) is 0 Å². The Balaban J connectivity index is -0.000000720. The summed E-state index contributed by atoms with van der Waals surface area (Å²) in [5.74, 6) is 0.276. The van der Waals surface area contributed by atoms with Crippen LogP contribution in [0.25, 0.3) is 0 Å². The number of rotatable bonds is 4. The molecule has 2 amide bonds. The first-order valence-electron chi connectivity index (χ1n) is 4.32. The van der Waals surface area contributed by atoms with Crippen molar-refractivity contribution in [2.24, 2.45) is 0 Å². The third-order valence-electron chi connectivity index (χ3n) is 1.65. The molecule has 0 aliphatic rings. The first-order chi connectivity index (χ1) is 6.02. The monoisotopic (exact) mass is 422 g/mol. The zero-order chi connectivity index (χ0) is 10.4. The van der Waals surface area contributed by atoms with Crippen LogP contribution in [0.4, 0.5) is 0 Å². The quantitative estimate of drug-likeness (QED) is 0.426. The van der Waals surface area contributed by atoms with E-state index < -0.39 is 23.5 Å². The maximum absolute atomic E-state index is 11.2. The van der Waals surface area contributed by atoms with Crippen LogP contribution in [0.3, 0.4) is 0 Å². The molecule has 0 aromatic heterocycles. The SMILES string of the molecule is CCC(=O)[N](C)[Hf+2][N](C)C(=O)CC.[Cl-].[Cl-]. The molecule has 0 aromatic rings. The predicted molar refractivity (Wildman–Crippen MR) is 46.1 cm³/mol. The fraction of sp³-hybridized carbons (Fsp3) is 0.750.